The Labute approximate surface area is 163 Å². The van der Waals surface area contributed by atoms with E-state index in [9.17, 15) is 14.0 Å². The van der Waals surface area contributed by atoms with E-state index in [2.05, 4.69) is 20.9 Å². The third kappa shape index (κ3) is 3.17. The number of hydrogen-bond acceptors (Lipinski definition) is 5. The summed E-state index contributed by atoms with van der Waals surface area (Å²) in [4.78, 5) is 31.0. The third-order valence-electron chi connectivity index (χ3n) is 4.49. The Kier molecular flexibility index (Phi) is 4.70. The van der Waals surface area contributed by atoms with E-state index in [-0.39, 0.29) is 11.6 Å². The van der Waals surface area contributed by atoms with Crippen LogP contribution in [0.1, 0.15) is 44.2 Å². The predicted molar refractivity (Wildman–Crippen MR) is 102 cm³/mol. The van der Waals surface area contributed by atoms with Crippen LogP contribution in [0.15, 0.2) is 22.7 Å². The normalized spacial score (nSPS) is 19.8. The van der Waals surface area contributed by atoms with Gasteiger partial charge < -0.3 is 4.74 Å². The number of carbonyl (C=O) groups excluding carboxylic acids is 2. The second-order valence-electron chi connectivity index (χ2n) is 7.37. The Balaban J connectivity index is 2.11. The van der Waals surface area contributed by atoms with Gasteiger partial charge in [-0.1, -0.05) is 15.9 Å². The molecule has 0 bridgehead atoms. The lowest BCUT2D eigenvalue weighted by molar-refractivity contribution is -0.184. The highest BCUT2D eigenvalue weighted by Crippen LogP contribution is 2.41. The quantitative estimate of drug-likeness (QED) is 0.628. The molecule has 4 nitrogen and oxygen atoms in total. The van der Waals surface area contributed by atoms with Crippen LogP contribution in [0, 0.1) is 12.7 Å². The van der Waals surface area contributed by atoms with Crippen molar-refractivity contribution in [3.63, 3.8) is 0 Å². The van der Waals surface area contributed by atoms with Gasteiger partial charge in [0.15, 0.2) is 11.6 Å². The van der Waals surface area contributed by atoms with Gasteiger partial charge in [-0.05, 0) is 52.8 Å². The second kappa shape index (κ2) is 6.32. The van der Waals surface area contributed by atoms with Gasteiger partial charge in [-0.15, -0.1) is 11.3 Å². The van der Waals surface area contributed by atoms with Gasteiger partial charge in [0, 0.05) is 14.9 Å². The highest BCUT2D eigenvalue weighted by molar-refractivity contribution is 9.10. The van der Waals surface area contributed by atoms with E-state index in [0.29, 0.717) is 20.7 Å². The van der Waals surface area contributed by atoms with Crippen LogP contribution in [0.2, 0.25) is 0 Å². The number of nitrogens with zero attached hydrogens (tertiary/aromatic N) is 1. The van der Waals surface area contributed by atoms with Crippen molar-refractivity contribution in [2.45, 2.75) is 51.7 Å². The van der Waals surface area contributed by atoms with E-state index in [0.717, 1.165) is 4.88 Å². The Bertz CT molecular complexity index is 894. The maximum Gasteiger partial charge on any atom is 0.180 e. The third-order valence-corrected chi connectivity index (χ3v) is 6.00. The summed E-state index contributed by atoms with van der Waals surface area (Å²) in [6.07, 6.45) is 0. The highest BCUT2D eigenvalue weighted by Gasteiger charge is 2.54. The number of ether oxygens (including phenoxy) is 1. The van der Waals surface area contributed by atoms with Crippen LogP contribution >= 0.6 is 27.3 Å². The molecular weight excluding hydrogens is 421 g/mol. The van der Waals surface area contributed by atoms with Crippen LogP contribution in [0.4, 0.5) is 4.39 Å². The van der Waals surface area contributed by atoms with Crippen molar-refractivity contribution in [2.75, 3.05) is 0 Å². The number of rotatable bonds is 2. The summed E-state index contributed by atoms with van der Waals surface area (Å²) in [5.74, 6) is -2.06. The first-order valence-electron chi connectivity index (χ1n) is 8.15. The zero-order chi connectivity index (χ0) is 19.4. The van der Waals surface area contributed by atoms with Gasteiger partial charge in [-0.3, -0.25) is 9.59 Å². The maximum atomic E-state index is 14.3. The zero-order valence-corrected chi connectivity index (χ0v) is 17.5. The fourth-order valence-electron chi connectivity index (χ4n) is 3.26. The Morgan fingerprint density at radius 2 is 1.73 bits per heavy atom. The van der Waals surface area contributed by atoms with Gasteiger partial charge in [0.2, 0.25) is 0 Å². The fraction of sp³-hybridized carbons (Fsp3) is 0.421. The first-order chi connectivity index (χ1) is 11.9. The van der Waals surface area contributed by atoms with E-state index < -0.39 is 22.9 Å². The topological polar surface area (TPSA) is 56.3 Å². The van der Waals surface area contributed by atoms with Crippen LogP contribution in [0.5, 0.6) is 0 Å². The first-order valence-corrected chi connectivity index (χ1v) is 9.76. The van der Waals surface area contributed by atoms with Crippen molar-refractivity contribution in [2.24, 2.45) is 0 Å². The lowest BCUT2D eigenvalue weighted by Gasteiger charge is -2.42. The van der Waals surface area contributed by atoms with Crippen LogP contribution < -0.4 is 0 Å². The van der Waals surface area contributed by atoms with Crippen molar-refractivity contribution in [1.29, 1.82) is 0 Å². The number of halogens is 2. The molecule has 0 saturated carbocycles. The molecule has 0 amide bonds. The van der Waals surface area contributed by atoms with E-state index in [4.69, 9.17) is 4.74 Å². The molecule has 1 fully saturated rings. The molecule has 3 rings (SSSR count). The smallest absolute Gasteiger partial charge is 0.180 e. The van der Waals surface area contributed by atoms with Crippen molar-refractivity contribution < 1.29 is 18.7 Å². The van der Waals surface area contributed by atoms with E-state index >= 15 is 0 Å². The standard InChI is InChI=1S/C19H19BrFNO3S/c1-9-14(13-15(23)18(2,3)25-19(4,5)16(13)24)22-17(26-9)11-7-6-10(20)8-12(11)21/h6-8,13H,1-5H3. The van der Waals surface area contributed by atoms with Crippen LogP contribution in [-0.2, 0) is 14.3 Å². The van der Waals surface area contributed by atoms with Gasteiger partial charge in [0.1, 0.15) is 27.9 Å². The first kappa shape index (κ1) is 19.3. The lowest BCUT2D eigenvalue weighted by Crippen LogP contribution is -2.58. The molecule has 1 aromatic carbocycles. The average molecular weight is 440 g/mol. The summed E-state index contributed by atoms with van der Waals surface area (Å²) in [5.41, 5.74) is -1.45. The molecule has 0 radical (unpaired) electrons. The van der Waals surface area contributed by atoms with Crippen molar-refractivity contribution in [3.8, 4) is 10.6 Å². The monoisotopic (exact) mass is 439 g/mol. The minimum Gasteiger partial charge on any atom is -0.354 e. The molecule has 2 aromatic rings. The summed E-state index contributed by atoms with van der Waals surface area (Å²) >= 11 is 4.51. The SMILES string of the molecule is Cc1sc(-c2ccc(Br)cc2F)nc1C1C(=O)C(C)(C)OC(C)(C)C1=O. The highest BCUT2D eigenvalue weighted by atomic mass is 79.9. The van der Waals surface area contributed by atoms with Gasteiger partial charge in [0.25, 0.3) is 0 Å². The molecule has 2 heterocycles. The molecule has 0 atom stereocenters. The van der Waals surface area contributed by atoms with Gasteiger partial charge in [0.05, 0.1) is 5.69 Å². The van der Waals surface area contributed by atoms with Crippen LogP contribution in [0.3, 0.4) is 0 Å². The Morgan fingerprint density at radius 3 is 2.27 bits per heavy atom. The molecule has 1 saturated heterocycles. The number of aryl methyl sites for hydroxylation is 1. The summed E-state index contributed by atoms with van der Waals surface area (Å²) < 4.78 is 20.6. The number of carbonyl (C=O) groups is 2. The number of aromatic nitrogens is 1. The summed E-state index contributed by atoms with van der Waals surface area (Å²) in [7, 11) is 0. The Morgan fingerprint density at radius 1 is 1.15 bits per heavy atom. The number of thiazole rings is 1. The van der Waals surface area contributed by atoms with Crippen molar-refractivity contribution >= 4 is 38.8 Å². The molecule has 0 aliphatic carbocycles. The molecule has 1 aliphatic rings. The van der Waals surface area contributed by atoms with Crippen molar-refractivity contribution in [1.82, 2.24) is 4.98 Å². The van der Waals surface area contributed by atoms with E-state index in [1.165, 1.54) is 17.4 Å². The summed E-state index contributed by atoms with van der Waals surface area (Å²) in [6.45, 7) is 8.44. The van der Waals surface area contributed by atoms with E-state index in [1.807, 2.05) is 0 Å². The van der Waals surface area contributed by atoms with Gasteiger partial charge in [-0.25, -0.2) is 9.37 Å². The molecule has 138 valence electrons. The molecule has 1 aromatic heterocycles. The minimum atomic E-state index is -1.10. The van der Waals surface area contributed by atoms with Crippen LogP contribution in [-0.4, -0.2) is 27.8 Å². The van der Waals surface area contributed by atoms with Gasteiger partial charge >= 0.3 is 0 Å². The zero-order valence-electron chi connectivity index (χ0n) is 15.1. The second-order valence-corrected chi connectivity index (χ2v) is 9.49. The molecular formula is C19H19BrFNO3S. The Hall–Kier alpha value is -1.44. The molecule has 0 spiro atoms. The van der Waals surface area contributed by atoms with Crippen LogP contribution in [0.25, 0.3) is 10.6 Å². The van der Waals surface area contributed by atoms with Crippen molar-refractivity contribution in [3.05, 3.63) is 39.1 Å². The fourth-order valence-corrected chi connectivity index (χ4v) is 4.57. The molecule has 0 unspecified atom stereocenters. The summed E-state index contributed by atoms with van der Waals surface area (Å²) in [5, 5.41) is 0.449. The van der Waals surface area contributed by atoms with Gasteiger partial charge in [-0.2, -0.15) is 0 Å². The number of ketones is 2. The largest absolute Gasteiger partial charge is 0.354 e. The maximum absolute atomic E-state index is 14.3. The number of hydrogen-bond donors (Lipinski definition) is 0. The lowest BCUT2D eigenvalue weighted by atomic mass is 9.76. The van der Waals surface area contributed by atoms with E-state index in [1.54, 1.807) is 46.8 Å². The molecule has 0 N–H and O–H groups in total. The summed E-state index contributed by atoms with van der Waals surface area (Å²) in [6, 6.07) is 4.72. The molecule has 1 aliphatic heterocycles. The number of benzene rings is 1. The predicted octanol–water partition coefficient (Wildman–Crippen LogP) is 4.83. The molecule has 26 heavy (non-hydrogen) atoms. The average Bonchev–Trinajstić information content (AvgIpc) is 2.86. The molecule has 7 heteroatoms. The number of Topliss-reactive ketones (excluding diaryl/α,β-unsaturated/α-hetero) is 2. The minimum absolute atomic E-state index is 0.321.